The first kappa shape index (κ1) is 26.0. The van der Waals surface area contributed by atoms with Crippen LogP contribution in [0.15, 0.2) is 30.3 Å². The van der Waals surface area contributed by atoms with E-state index in [0.29, 0.717) is 23.3 Å². The van der Waals surface area contributed by atoms with Gasteiger partial charge < -0.3 is 15.8 Å². The lowest BCUT2D eigenvalue weighted by molar-refractivity contribution is 0.0945. The Morgan fingerprint density at radius 1 is 1.21 bits per heavy atom. The standard InChI is InChI=1S/C25H34F2N4O2S/c1-16-12-21-23(24(32)29-15-25(3,28)10-11-34(4,5)6)17(2)30-31(21)22(13-16)33-14-18-19(26)8-7-9-20(18)27/h7-9,12-13H,10-11,14-15,28H2,1-6H3,(H,29,32). The van der Waals surface area contributed by atoms with Crippen molar-refractivity contribution in [3.63, 3.8) is 0 Å². The molecule has 0 saturated heterocycles. The molecule has 3 aromatic rings. The second-order valence-electron chi connectivity index (χ2n) is 10.00. The molecule has 0 spiro atoms. The van der Waals surface area contributed by atoms with Crippen LogP contribution in [0.25, 0.3) is 5.52 Å². The lowest BCUT2D eigenvalue weighted by atomic mass is 10.0. The van der Waals surface area contributed by atoms with Crippen LogP contribution in [0, 0.1) is 25.5 Å². The molecule has 3 rings (SSSR count). The molecule has 0 radical (unpaired) electrons. The number of benzene rings is 1. The third kappa shape index (κ3) is 6.27. The molecule has 0 aliphatic carbocycles. The van der Waals surface area contributed by atoms with E-state index in [9.17, 15) is 13.6 Å². The summed E-state index contributed by atoms with van der Waals surface area (Å²) in [5, 5.41) is 7.42. The molecule has 1 aromatic carbocycles. The predicted molar refractivity (Wildman–Crippen MR) is 135 cm³/mol. The SMILES string of the molecule is Cc1cc(OCc2c(F)cccc2F)n2nc(C)c(C(=O)NCC(C)(N)CCS(C)(C)C)c2c1. The van der Waals surface area contributed by atoms with Gasteiger partial charge in [0.2, 0.25) is 5.88 Å². The van der Waals surface area contributed by atoms with Crippen molar-refractivity contribution in [1.29, 1.82) is 0 Å². The van der Waals surface area contributed by atoms with Crippen molar-refractivity contribution in [3.8, 4) is 5.88 Å². The summed E-state index contributed by atoms with van der Waals surface area (Å²) < 4.78 is 35.3. The van der Waals surface area contributed by atoms with Crippen molar-refractivity contribution in [2.75, 3.05) is 31.1 Å². The number of halogens is 2. The number of hydrogen-bond donors (Lipinski definition) is 2. The average Bonchev–Trinajstić information content (AvgIpc) is 3.05. The zero-order valence-electron chi connectivity index (χ0n) is 20.7. The van der Waals surface area contributed by atoms with Gasteiger partial charge in [0.1, 0.15) is 18.2 Å². The maximum absolute atomic E-state index is 14.0. The first-order valence-corrected chi connectivity index (χ1v) is 14.1. The van der Waals surface area contributed by atoms with E-state index < -0.39 is 27.2 Å². The molecule has 0 fully saturated rings. The van der Waals surface area contributed by atoms with Crippen molar-refractivity contribution in [1.82, 2.24) is 14.9 Å². The highest BCUT2D eigenvalue weighted by atomic mass is 32.3. The minimum atomic E-state index is -0.682. The molecule has 3 N–H and O–H groups in total. The second kappa shape index (κ2) is 9.92. The molecule has 34 heavy (non-hydrogen) atoms. The van der Waals surface area contributed by atoms with Crippen molar-refractivity contribution < 1.29 is 18.3 Å². The molecule has 2 aromatic heterocycles. The zero-order chi connectivity index (χ0) is 25.3. The fourth-order valence-electron chi connectivity index (χ4n) is 3.56. The Bertz CT molecular complexity index is 1180. The molecule has 0 aliphatic heterocycles. The largest absolute Gasteiger partial charge is 0.473 e. The summed E-state index contributed by atoms with van der Waals surface area (Å²) in [5.41, 5.74) is 8.06. The van der Waals surface area contributed by atoms with Gasteiger partial charge in [0.05, 0.1) is 22.3 Å². The van der Waals surface area contributed by atoms with Gasteiger partial charge in [0.25, 0.3) is 5.91 Å². The van der Waals surface area contributed by atoms with E-state index in [0.717, 1.165) is 17.7 Å². The van der Waals surface area contributed by atoms with Gasteiger partial charge in [-0.05, 0) is 75.5 Å². The molecule has 1 unspecified atom stereocenters. The van der Waals surface area contributed by atoms with E-state index in [4.69, 9.17) is 10.5 Å². The van der Waals surface area contributed by atoms with Gasteiger partial charge >= 0.3 is 0 Å². The highest BCUT2D eigenvalue weighted by molar-refractivity contribution is 8.32. The van der Waals surface area contributed by atoms with Crippen LogP contribution in [0.1, 0.15) is 40.5 Å². The first-order valence-electron chi connectivity index (χ1n) is 11.1. The summed E-state index contributed by atoms with van der Waals surface area (Å²) in [6.07, 6.45) is 7.54. The van der Waals surface area contributed by atoms with E-state index in [1.54, 1.807) is 13.0 Å². The first-order chi connectivity index (χ1) is 15.8. The average molecular weight is 493 g/mol. The van der Waals surface area contributed by atoms with Crippen LogP contribution >= 0.6 is 10.0 Å². The number of ether oxygens (including phenoxy) is 1. The summed E-state index contributed by atoms with van der Waals surface area (Å²) in [6.45, 7) is 5.56. The zero-order valence-corrected chi connectivity index (χ0v) is 21.5. The van der Waals surface area contributed by atoms with Crippen molar-refractivity contribution in [2.24, 2.45) is 5.73 Å². The Morgan fingerprint density at radius 3 is 2.47 bits per heavy atom. The Hall–Kier alpha value is -2.65. The van der Waals surface area contributed by atoms with Crippen LogP contribution in [0.3, 0.4) is 0 Å². The lowest BCUT2D eigenvalue weighted by Crippen LogP contribution is -2.48. The molecule has 1 amide bonds. The van der Waals surface area contributed by atoms with E-state index in [1.165, 1.54) is 22.7 Å². The van der Waals surface area contributed by atoms with Gasteiger partial charge in [0.15, 0.2) is 0 Å². The third-order valence-electron chi connectivity index (χ3n) is 5.61. The Balaban J connectivity index is 1.82. The Labute approximate surface area is 201 Å². The molecule has 2 heterocycles. The number of carbonyl (C=O) groups excluding carboxylic acids is 1. The summed E-state index contributed by atoms with van der Waals surface area (Å²) in [4.78, 5) is 13.1. The van der Waals surface area contributed by atoms with Crippen LogP contribution in [-0.2, 0) is 6.61 Å². The van der Waals surface area contributed by atoms with Gasteiger partial charge in [-0.3, -0.25) is 4.79 Å². The number of amides is 1. The quantitative estimate of drug-likeness (QED) is 0.466. The molecular formula is C25H34F2N4O2S. The van der Waals surface area contributed by atoms with Gasteiger partial charge in [-0.1, -0.05) is 6.07 Å². The summed E-state index contributed by atoms with van der Waals surface area (Å²) >= 11 is 0. The van der Waals surface area contributed by atoms with Crippen LogP contribution in [0.4, 0.5) is 8.78 Å². The summed E-state index contributed by atoms with van der Waals surface area (Å²) in [7, 11) is -0.682. The number of hydrogen-bond acceptors (Lipinski definition) is 4. The van der Waals surface area contributed by atoms with Gasteiger partial charge in [-0.2, -0.15) is 9.61 Å². The number of nitrogens with zero attached hydrogens (tertiary/aromatic N) is 2. The molecule has 0 saturated carbocycles. The topological polar surface area (TPSA) is 81.7 Å². The number of aryl methyl sites for hydroxylation is 2. The highest BCUT2D eigenvalue weighted by Crippen LogP contribution is 2.36. The minimum absolute atomic E-state index is 0.168. The number of nitrogens with one attached hydrogen (secondary N) is 1. The molecule has 0 aliphatic rings. The van der Waals surface area contributed by atoms with Crippen LogP contribution in [-0.4, -0.2) is 52.1 Å². The molecular weight excluding hydrogens is 458 g/mol. The second-order valence-corrected chi connectivity index (χ2v) is 14.6. The van der Waals surface area contributed by atoms with E-state index in [1.807, 2.05) is 19.9 Å². The van der Waals surface area contributed by atoms with Crippen molar-refractivity contribution in [3.05, 3.63) is 64.4 Å². The number of fused-ring (bicyclic) bond motifs is 1. The van der Waals surface area contributed by atoms with Crippen LogP contribution < -0.4 is 15.8 Å². The summed E-state index contributed by atoms with van der Waals surface area (Å²) in [5.74, 6) is -0.328. The highest BCUT2D eigenvalue weighted by Gasteiger charge is 2.25. The monoisotopic (exact) mass is 492 g/mol. The third-order valence-corrected chi connectivity index (χ3v) is 7.04. The fraction of sp³-hybridized carbons (Fsp3) is 0.440. The van der Waals surface area contributed by atoms with Crippen molar-refractivity contribution in [2.45, 2.75) is 39.3 Å². The molecule has 6 nitrogen and oxygen atoms in total. The number of pyridine rings is 1. The smallest absolute Gasteiger partial charge is 0.255 e. The van der Waals surface area contributed by atoms with Crippen LogP contribution in [0.5, 0.6) is 5.88 Å². The lowest BCUT2D eigenvalue weighted by Gasteiger charge is -2.32. The maximum Gasteiger partial charge on any atom is 0.255 e. The van der Waals surface area contributed by atoms with Gasteiger partial charge in [0, 0.05) is 18.2 Å². The van der Waals surface area contributed by atoms with Gasteiger partial charge in [-0.25, -0.2) is 18.8 Å². The normalized spacial score (nSPS) is 14.1. The van der Waals surface area contributed by atoms with E-state index >= 15 is 0 Å². The van der Waals surface area contributed by atoms with Gasteiger partial charge in [-0.15, -0.1) is 0 Å². The Morgan fingerprint density at radius 2 is 1.85 bits per heavy atom. The number of aromatic nitrogens is 2. The van der Waals surface area contributed by atoms with E-state index in [2.05, 4.69) is 29.2 Å². The fourth-order valence-corrected chi connectivity index (χ4v) is 4.64. The van der Waals surface area contributed by atoms with Crippen LogP contribution in [0.2, 0.25) is 0 Å². The Kier molecular flexibility index (Phi) is 7.57. The van der Waals surface area contributed by atoms with E-state index in [-0.39, 0.29) is 24.0 Å². The van der Waals surface area contributed by atoms with Crippen molar-refractivity contribution >= 4 is 21.5 Å². The number of carbonyl (C=O) groups is 1. The maximum atomic E-state index is 14.0. The molecule has 186 valence electrons. The minimum Gasteiger partial charge on any atom is -0.473 e. The molecule has 0 bridgehead atoms. The number of nitrogens with two attached hydrogens (primary N) is 1. The predicted octanol–water partition coefficient (Wildman–Crippen LogP) is 4.34. The molecule has 1 atom stereocenters. The number of rotatable bonds is 9. The molecule has 9 heteroatoms. The summed E-state index contributed by atoms with van der Waals surface area (Å²) in [6, 6.07) is 7.21.